The van der Waals surface area contributed by atoms with E-state index in [-0.39, 0.29) is 12.2 Å². The normalized spacial score (nSPS) is 31.9. The molecule has 0 aromatic carbocycles. The van der Waals surface area contributed by atoms with Crippen LogP contribution >= 0.6 is 0 Å². The van der Waals surface area contributed by atoms with E-state index in [2.05, 4.69) is 20.8 Å². The molecule has 2 saturated carbocycles. The number of hydrogen-bond donors (Lipinski definition) is 2. The summed E-state index contributed by atoms with van der Waals surface area (Å²) in [7, 11) is 0. The average Bonchev–Trinajstić information content (AvgIpc) is 2.54. The Morgan fingerprint density at radius 1 is 0.727 bits per heavy atom. The maximum atomic E-state index is 10.6. The van der Waals surface area contributed by atoms with E-state index in [1.165, 1.54) is 44.9 Å². The topological polar surface area (TPSA) is 40.5 Å². The van der Waals surface area contributed by atoms with Gasteiger partial charge >= 0.3 is 0 Å². The van der Waals surface area contributed by atoms with Gasteiger partial charge in [0.25, 0.3) is 0 Å². The van der Waals surface area contributed by atoms with Crippen LogP contribution in [0.4, 0.5) is 0 Å². The molecular formula is C20H38O2. The van der Waals surface area contributed by atoms with Gasteiger partial charge < -0.3 is 10.2 Å². The third kappa shape index (κ3) is 4.96. The summed E-state index contributed by atoms with van der Waals surface area (Å²) >= 11 is 0. The third-order valence-electron chi connectivity index (χ3n) is 6.79. The molecule has 0 aromatic heterocycles. The second-order valence-electron chi connectivity index (χ2n) is 8.55. The highest BCUT2D eigenvalue weighted by atomic mass is 16.3. The molecule has 0 aromatic rings. The first-order valence-corrected chi connectivity index (χ1v) is 9.85. The molecule has 0 amide bonds. The van der Waals surface area contributed by atoms with Crippen LogP contribution in [0, 0.1) is 29.6 Å². The minimum absolute atomic E-state index is 0.297. The minimum Gasteiger partial charge on any atom is -0.393 e. The molecule has 3 unspecified atom stereocenters. The predicted octanol–water partition coefficient (Wildman–Crippen LogP) is 4.78. The van der Waals surface area contributed by atoms with E-state index in [4.69, 9.17) is 0 Å². The molecule has 0 radical (unpaired) electrons. The third-order valence-corrected chi connectivity index (χ3v) is 6.79. The van der Waals surface area contributed by atoms with Crippen LogP contribution in [0.25, 0.3) is 0 Å². The summed E-state index contributed by atoms with van der Waals surface area (Å²) in [6, 6.07) is 0. The molecule has 0 saturated heterocycles. The molecule has 130 valence electrons. The SMILES string of the molecule is CC(C)C1CCC(C(O)CC(O)C(C)C2CCCCC2)CC1. The van der Waals surface area contributed by atoms with Crippen molar-refractivity contribution in [3.8, 4) is 0 Å². The Morgan fingerprint density at radius 3 is 1.82 bits per heavy atom. The van der Waals surface area contributed by atoms with Crippen molar-refractivity contribution < 1.29 is 10.2 Å². The van der Waals surface area contributed by atoms with Gasteiger partial charge in [0.1, 0.15) is 0 Å². The average molecular weight is 311 g/mol. The lowest BCUT2D eigenvalue weighted by molar-refractivity contribution is -0.00932. The molecule has 2 aliphatic rings. The lowest BCUT2D eigenvalue weighted by Crippen LogP contribution is -2.34. The summed E-state index contributed by atoms with van der Waals surface area (Å²) in [5.74, 6) is 3.06. The fourth-order valence-electron chi connectivity index (χ4n) is 4.83. The van der Waals surface area contributed by atoms with E-state index in [1.807, 2.05) is 0 Å². The van der Waals surface area contributed by atoms with Gasteiger partial charge in [-0.05, 0) is 61.7 Å². The van der Waals surface area contributed by atoms with Gasteiger partial charge in [0.05, 0.1) is 12.2 Å². The molecule has 2 N–H and O–H groups in total. The second kappa shape index (κ2) is 8.68. The van der Waals surface area contributed by atoms with Gasteiger partial charge in [0.2, 0.25) is 0 Å². The number of aliphatic hydroxyl groups is 2. The van der Waals surface area contributed by atoms with Crippen molar-refractivity contribution >= 4 is 0 Å². The summed E-state index contributed by atoms with van der Waals surface area (Å²) in [5, 5.41) is 21.1. The standard InChI is InChI=1S/C20H38O2/c1-14(2)16-9-11-18(12-10-16)20(22)13-19(21)15(3)17-7-5-4-6-8-17/h14-22H,4-13H2,1-3H3. The summed E-state index contributed by atoms with van der Waals surface area (Å²) in [4.78, 5) is 0. The van der Waals surface area contributed by atoms with Crippen molar-refractivity contribution in [3.63, 3.8) is 0 Å². The molecule has 0 spiro atoms. The van der Waals surface area contributed by atoms with Crippen molar-refractivity contribution in [3.05, 3.63) is 0 Å². The highest BCUT2D eigenvalue weighted by molar-refractivity contribution is 4.83. The van der Waals surface area contributed by atoms with Crippen molar-refractivity contribution in [2.75, 3.05) is 0 Å². The number of rotatable bonds is 6. The van der Waals surface area contributed by atoms with Crippen LogP contribution in [0.2, 0.25) is 0 Å². The molecular weight excluding hydrogens is 272 g/mol. The van der Waals surface area contributed by atoms with E-state index < -0.39 is 0 Å². The molecule has 2 nitrogen and oxygen atoms in total. The maximum absolute atomic E-state index is 10.6. The molecule has 2 rings (SSSR count). The van der Waals surface area contributed by atoms with Crippen molar-refractivity contribution in [1.82, 2.24) is 0 Å². The molecule has 0 aliphatic heterocycles. The van der Waals surface area contributed by atoms with Crippen LogP contribution in [-0.4, -0.2) is 22.4 Å². The highest BCUT2D eigenvalue weighted by Gasteiger charge is 2.32. The van der Waals surface area contributed by atoms with Crippen molar-refractivity contribution in [2.45, 2.75) is 97.2 Å². The Balaban J connectivity index is 1.75. The van der Waals surface area contributed by atoms with Crippen LogP contribution in [0.1, 0.15) is 85.0 Å². The lowest BCUT2D eigenvalue weighted by Gasteiger charge is -2.36. The highest BCUT2D eigenvalue weighted by Crippen LogP contribution is 2.37. The first kappa shape index (κ1) is 18.3. The quantitative estimate of drug-likeness (QED) is 0.741. The van der Waals surface area contributed by atoms with Crippen molar-refractivity contribution in [1.29, 1.82) is 0 Å². The Labute approximate surface area is 137 Å². The fraction of sp³-hybridized carbons (Fsp3) is 1.00. The molecule has 0 heterocycles. The summed E-state index contributed by atoms with van der Waals surface area (Å²) < 4.78 is 0. The number of aliphatic hydroxyl groups excluding tert-OH is 2. The minimum atomic E-state index is -0.319. The first-order chi connectivity index (χ1) is 10.5. The lowest BCUT2D eigenvalue weighted by atomic mass is 9.73. The summed E-state index contributed by atoms with van der Waals surface area (Å²) in [6.07, 6.45) is 11.3. The molecule has 22 heavy (non-hydrogen) atoms. The fourth-order valence-corrected chi connectivity index (χ4v) is 4.83. The van der Waals surface area contributed by atoms with Crippen LogP contribution in [0.5, 0.6) is 0 Å². The maximum Gasteiger partial charge on any atom is 0.0593 e. The van der Waals surface area contributed by atoms with Gasteiger partial charge in [-0.15, -0.1) is 0 Å². The first-order valence-electron chi connectivity index (χ1n) is 9.85. The van der Waals surface area contributed by atoms with Gasteiger partial charge in [-0.25, -0.2) is 0 Å². The van der Waals surface area contributed by atoms with E-state index in [0.717, 1.165) is 24.7 Å². The van der Waals surface area contributed by atoms with Crippen LogP contribution in [0.3, 0.4) is 0 Å². The zero-order valence-corrected chi connectivity index (χ0v) is 15.0. The monoisotopic (exact) mass is 310 g/mol. The largest absolute Gasteiger partial charge is 0.393 e. The zero-order valence-electron chi connectivity index (χ0n) is 15.0. The van der Waals surface area contributed by atoms with Crippen LogP contribution in [0.15, 0.2) is 0 Å². The van der Waals surface area contributed by atoms with E-state index >= 15 is 0 Å². The molecule has 2 aliphatic carbocycles. The van der Waals surface area contributed by atoms with E-state index in [0.29, 0.717) is 24.2 Å². The zero-order chi connectivity index (χ0) is 16.1. The second-order valence-corrected chi connectivity index (χ2v) is 8.55. The van der Waals surface area contributed by atoms with Crippen molar-refractivity contribution in [2.24, 2.45) is 29.6 Å². The van der Waals surface area contributed by atoms with Gasteiger partial charge in [-0.2, -0.15) is 0 Å². The van der Waals surface area contributed by atoms with Gasteiger partial charge in [0, 0.05) is 0 Å². The van der Waals surface area contributed by atoms with Gasteiger partial charge in [-0.1, -0.05) is 52.9 Å². The Bertz CT molecular complexity index is 301. The summed E-state index contributed by atoms with van der Waals surface area (Å²) in [5.41, 5.74) is 0. The van der Waals surface area contributed by atoms with Crippen LogP contribution < -0.4 is 0 Å². The Hall–Kier alpha value is -0.0800. The van der Waals surface area contributed by atoms with Gasteiger partial charge in [-0.3, -0.25) is 0 Å². The Kier molecular flexibility index (Phi) is 7.21. The summed E-state index contributed by atoms with van der Waals surface area (Å²) in [6.45, 7) is 6.83. The number of hydrogen-bond acceptors (Lipinski definition) is 2. The van der Waals surface area contributed by atoms with Gasteiger partial charge in [0.15, 0.2) is 0 Å². The smallest absolute Gasteiger partial charge is 0.0593 e. The predicted molar refractivity (Wildman–Crippen MR) is 92.7 cm³/mol. The molecule has 0 bridgehead atoms. The molecule has 2 fully saturated rings. The molecule has 2 heteroatoms. The van der Waals surface area contributed by atoms with E-state index in [1.54, 1.807) is 0 Å². The molecule has 3 atom stereocenters. The van der Waals surface area contributed by atoms with E-state index in [9.17, 15) is 10.2 Å². The van der Waals surface area contributed by atoms with Crippen LogP contribution in [-0.2, 0) is 0 Å². The Morgan fingerprint density at radius 2 is 1.27 bits per heavy atom.